The number of amides is 1. The van der Waals surface area contributed by atoms with Gasteiger partial charge < -0.3 is 20.1 Å². The fourth-order valence-corrected chi connectivity index (χ4v) is 2.57. The predicted octanol–water partition coefficient (Wildman–Crippen LogP) is 0.128. The van der Waals surface area contributed by atoms with E-state index >= 15 is 0 Å². The molecule has 2 N–H and O–H groups in total. The molecule has 1 aliphatic heterocycles. The summed E-state index contributed by atoms with van der Waals surface area (Å²) in [6.07, 6.45) is 5.01. The van der Waals surface area contributed by atoms with Gasteiger partial charge in [-0.05, 0) is 25.7 Å². The maximum atomic E-state index is 12.3. The van der Waals surface area contributed by atoms with Gasteiger partial charge in [0.2, 0.25) is 0 Å². The lowest BCUT2D eigenvalue weighted by molar-refractivity contribution is -0.157. The molecule has 0 aromatic heterocycles. The third kappa shape index (κ3) is 3.02. The molecule has 1 atom stereocenters. The van der Waals surface area contributed by atoms with Crippen LogP contribution in [0.25, 0.3) is 0 Å². The predicted molar refractivity (Wildman–Crippen MR) is 68.3 cm³/mol. The minimum Gasteiger partial charge on any atom is -0.383 e. The lowest BCUT2D eigenvalue weighted by Gasteiger charge is -2.40. The second-order valence-corrected chi connectivity index (χ2v) is 5.43. The largest absolute Gasteiger partial charge is 0.383 e. The molecule has 5 nitrogen and oxygen atoms in total. The minimum absolute atomic E-state index is 0.141. The normalized spacial score (nSPS) is 29.4. The highest BCUT2D eigenvalue weighted by atomic mass is 16.5. The second-order valence-electron chi connectivity index (χ2n) is 5.43. The molecule has 2 aliphatic rings. The molecule has 0 aromatic carbocycles. The zero-order chi connectivity index (χ0) is 13.0. The van der Waals surface area contributed by atoms with E-state index in [0.29, 0.717) is 32.2 Å². The SMILES string of the molecule is COCCN1CCC[C@](O)(CNC2CCC2)C1=O. The molecule has 1 aliphatic carbocycles. The molecule has 1 saturated carbocycles. The first-order valence-electron chi connectivity index (χ1n) is 6.90. The quantitative estimate of drug-likeness (QED) is 0.709. The van der Waals surface area contributed by atoms with Gasteiger partial charge >= 0.3 is 0 Å². The Labute approximate surface area is 108 Å². The number of hydrogen-bond donors (Lipinski definition) is 2. The molecule has 18 heavy (non-hydrogen) atoms. The highest BCUT2D eigenvalue weighted by Crippen LogP contribution is 2.24. The summed E-state index contributed by atoms with van der Waals surface area (Å²) in [5, 5.41) is 13.8. The van der Waals surface area contributed by atoms with Gasteiger partial charge in [-0.25, -0.2) is 0 Å². The van der Waals surface area contributed by atoms with Crippen molar-refractivity contribution in [1.82, 2.24) is 10.2 Å². The molecule has 2 rings (SSSR count). The number of methoxy groups -OCH3 is 1. The van der Waals surface area contributed by atoms with E-state index in [1.165, 1.54) is 6.42 Å². The van der Waals surface area contributed by atoms with Gasteiger partial charge in [0.25, 0.3) is 5.91 Å². The molecular weight excluding hydrogens is 232 g/mol. The molecule has 0 unspecified atom stereocenters. The molecule has 104 valence electrons. The summed E-state index contributed by atoms with van der Waals surface area (Å²) in [6.45, 7) is 2.22. The van der Waals surface area contributed by atoms with Gasteiger partial charge in [0.15, 0.2) is 5.60 Å². The number of likely N-dealkylation sites (tertiary alicyclic amines) is 1. The maximum absolute atomic E-state index is 12.3. The highest BCUT2D eigenvalue weighted by molar-refractivity contribution is 5.86. The number of piperidine rings is 1. The number of carbonyl (C=O) groups excluding carboxylic acids is 1. The van der Waals surface area contributed by atoms with Gasteiger partial charge in [-0.1, -0.05) is 6.42 Å². The van der Waals surface area contributed by atoms with E-state index in [1.54, 1.807) is 12.0 Å². The van der Waals surface area contributed by atoms with Crippen LogP contribution >= 0.6 is 0 Å². The Balaban J connectivity index is 1.86. The zero-order valence-electron chi connectivity index (χ0n) is 11.2. The fourth-order valence-electron chi connectivity index (χ4n) is 2.57. The van der Waals surface area contributed by atoms with Gasteiger partial charge in [-0.3, -0.25) is 4.79 Å². The lowest BCUT2D eigenvalue weighted by atomic mass is 9.88. The van der Waals surface area contributed by atoms with E-state index < -0.39 is 5.60 Å². The van der Waals surface area contributed by atoms with Crippen LogP contribution in [0.1, 0.15) is 32.1 Å². The standard InChI is InChI=1S/C13H24N2O3/c1-18-9-8-15-7-3-6-13(17,12(15)16)10-14-11-4-2-5-11/h11,14,17H,2-10H2,1H3/t13-/m0/s1. The average Bonchev–Trinajstić information content (AvgIpc) is 2.29. The van der Waals surface area contributed by atoms with Crippen LogP contribution in [-0.4, -0.2) is 60.9 Å². The number of nitrogens with zero attached hydrogens (tertiary/aromatic N) is 1. The first-order valence-corrected chi connectivity index (χ1v) is 6.90. The van der Waals surface area contributed by atoms with Gasteiger partial charge in [-0.15, -0.1) is 0 Å². The monoisotopic (exact) mass is 256 g/mol. The summed E-state index contributed by atoms with van der Waals surface area (Å²) in [5.41, 5.74) is -1.21. The van der Waals surface area contributed by atoms with E-state index in [4.69, 9.17) is 4.74 Å². The van der Waals surface area contributed by atoms with Crippen LogP contribution in [0.15, 0.2) is 0 Å². The van der Waals surface area contributed by atoms with Crippen molar-refractivity contribution in [3.8, 4) is 0 Å². The fraction of sp³-hybridized carbons (Fsp3) is 0.923. The van der Waals surface area contributed by atoms with Gasteiger partial charge in [0, 0.05) is 32.8 Å². The second kappa shape index (κ2) is 5.99. The Hall–Kier alpha value is -0.650. The topological polar surface area (TPSA) is 61.8 Å². The first kappa shape index (κ1) is 13.8. The van der Waals surface area contributed by atoms with Crippen molar-refractivity contribution >= 4 is 5.91 Å². The summed E-state index contributed by atoms with van der Waals surface area (Å²) in [4.78, 5) is 14.0. The third-order valence-electron chi connectivity index (χ3n) is 4.06. The molecule has 0 spiro atoms. The molecule has 1 heterocycles. The van der Waals surface area contributed by atoms with E-state index in [1.807, 2.05) is 0 Å². The number of nitrogens with one attached hydrogen (secondary N) is 1. The number of hydrogen-bond acceptors (Lipinski definition) is 4. The summed E-state index contributed by atoms with van der Waals surface area (Å²) < 4.78 is 4.99. The van der Waals surface area contributed by atoms with Crippen LogP contribution in [0.5, 0.6) is 0 Å². The van der Waals surface area contributed by atoms with E-state index in [-0.39, 0.29) is 5.91 Å². The number of carbonyl (C=O) groups is 1. The van der Waals surface area contributed by atoms with E-state index in [2.05, 4.69) is 5.32 Å². The zero-order valence-corrected chi connectivity index (χ0v) is 11.2. The van der Waals surface area contributed by atoms with Crippen molar-refractivity contribution in [2.45, 2.75) is 43.7 Å². The van der Waals surface area contributed by atoms with Crippen LogP contribution in [0.4, 0.5) is 0 Å². The number of rotatable bonds is 6. The lowest BCUT2D eigenvalue weighted by Crippen LogP contribution is -2.59. The van der Waals surface area contributed by atoms with Crippen molar-refractivity contribution in [2.24, 2.45) is 0 Å². The van der Waals surface area contributed by atoms with Crippen molar-refractivity contribution in [1.29, 1.82) is 0 Å². The molecular formula is C13H24N2O3. The van der Waals surface area contributed by atoms with Crippen molar-refractivity contribution in [3.63, 3.8) is 0 Å². The Morgan fingerprint density at radius 2 is 2.28 bits per heavy atom. The van der Waals surface area contributed by atoms with Crippen molar-refractivity contribution < 1.29 is 14.6 Å². The van der Waals surface area contributed by atoms with E-state index in [9.17, 15) is 9.90 Å². The van der Waals surface area contributed by atoms with Crippen LogP contribution in [0, 0.1) is 0 Å². The van der Waals surface area contributed by atoms with Gasteiger partial charge in [0.1, 0.15) is 0 Å². The van der Waals surface area contributed by atoms with Crippen LogP contribution in [-0.2, 0) is 9.53 Å². The minimum atomic E-state index is -1.21. The molecule has 0 bridgehead atoms. The Kier molecular flexibility index (Phi) is 4.59. The highest BCUT2D eigenvalue weighted by Gasteiger charge is 2.42. The van der Waals surface area contributed by atoms with E-state index in [0.717, 1.165) is 25.8 Å². The Morgan fingerprint density at radius 3 is 2.89 bits per heavy atom. The maximum Gasteiger partial charge on any atom is 0.255 e. The molecule has 0 radical (unpaired) electrons. The van der Waals surface area contributed by atoms with Gasteiger partial charge in [-0.2, -0.15) is 0 Å². The Morgan fingerprint density at radius 1 is 1.50 bits per heavy atom. The summed E-state index contributed by atoms with van der Waals surface area (Å²) in [6, 6.07) is 0.496. The van der Waals surface area contributed by atoms with Gasteiger partial charge in [0.05, 0.1) is 6.61 Å². The van der Waals surface area contributed by atoms with Crippen LogP contribution in [0.2, 0.25) is 0 Å². The smallest absolute Gasteiger partial charge is 0.255 e. The molecule has 0 aromatic rings. The third-order valence-corrected chi connectivity index (χ3v) is 4.06. The summed E-state index contributed by atoms with van der Waals surface area (Å²) in [7, 11) is 1.62. The number of aliphatic hydroxyl groups is 1. The average molecular weight is 256 g/mol. The molecule has 1 amide bonds. The molecule has 2 fully saturated rings. The number of ether oxygens (including phenoxy) is 1. The Bertz CT molecular complexity index is 294. The van der Waals surface area contributed by atoms with Crippen molar-refractivity contribution in [3.05, 3.63) is 0 Å². The van der Waals surface area contributed by atoms with Crippen LogP contribution < -0.4 is 5.32 Å². The van der Waals surface area contributed by atoms with Crippen LogP contribution in [0.3, 0.4) is 0 Å². The summed E-state index contributed by atoms with van der Waals surface area (Å²) >= 11 is 0. The molecule has 5 heteroatoms. The first-order chi connectivity index (χ1) is 8.65. The summed E-state index contributed by atoms with van der Waals surface area (Å²) in [5.74, 6) is -0.141. The molecule has 1 saturated heterocycles. The van der Waals surface area contributed by atoms with Crippen molar-refractivity contribution in [2.75, 3.05) is 33.4 Å².